The quantitative estimate of drug-likeness (QED) is 0.713. The Morgan fingerprint density at radius 2 is 2.54 bits per heavy atom. The highest BCUT2D eigenvalue weighted by atomic mass is 16.5. The Kier molecular flexibility index (Phi) is 2.44. The summed E-state index contributed by atoms with van der Waals surface area (Å²) in [6.45, 7) is 0.906. The second-order valence-electron chi connectivity index (χ2n) is 3.31. The molecule has 5 nitrogen and oxygen atoms in total. The predicted octanol–water partition coefficient (Wildman–Crippen LogP) is 0.498. The van der Waals surface area contributed by atoms with E-state index in [1.807, 2.05) is 0 Å². The number of aryl methyl sites for hydroxylation is 1. The van der Waals surface area contributed by atoms with Crippen molar-refractivity contribution in [3.8, 4) is 0 Å². The Bertz CT molecular complexity index is 267. The molecule has 72 valence electrons. The molecule has 1 saturated heterocycles. The highest BCUT2D eigenvalue weighted by molar-refractivity contribution is 5.12. The smallest absolute Gasteiger partial charge is 0.239 e. The minimum Gasteiger partial charge on any atom is -0.378 e. The van der Waals surface area contributed by atoms with E-state index < -0.39 is 0 Å². The number of H-pyrrole nitrogens is 1. The van der Waals surface area contributed by atoms with Crippen molar-refractivity contribution in [3.05, 3.63) is 5.82 Å². The number of hydrogen-bond donors (Lipinski definition) is 2. The van der Waals surface area contributed by atoms with E-state index in [4.69, 9.17) is 10.5 Å². The van der Waals surface area contributed by atoms with Gasteiger partial charge in [-0.15, -0.1) is 5.10 Å². The Balaban J connectivity index is 1.78. The Morgan fingerprint density at radius 1 is 1.62 bits per heavy atom. The minimum atomic E-state index is 0.322. The summed E-state index contributed by atoms with van der Waals surface area (Å²) in [6, 6.07) is 0. The molecule has 1 fully saturated rings. The number of ether oxygens (including phenoxy) is 1. The zero-order valence-corrected chi connectivity index (χ0v) is 7.49. The van der Waals surface area contributed by atoms with Crippen molar-refractivity contribution in [2.75, 3.05) is 12.3 Å². The fourth-order valence-corrected chi connectivity index (χ4v) is 1.59. The van der Waals surface area contributed by atoms with Crippen LogP contribution in [0.15, 0.2) is 0 Å². The number of nitrogens with zero attached hydrogens (tertiary/aromatic N) is 2. The van der Waals surface area contributed by atoms with Gasteiger partial charge >= 0.3 is 0 Å². The molecule has 0 saturated carbocycles. The summed E-state index contributed by atoms with van der Waals surface area (Å²) in [4.78, 5) is 4.03. The van der Waals surface area contributed by atoms with Gasteiger partial charge in [0.25, 0.3) is 0 Å². The average Bonchev–Trinajstić information content (AvgIpc) is 2.71. The van der Waals surface area contributed by atoms with Gasteiger partial charge in [0, 0.05) is 13.0 Å². The van der Waals surface area contributed by atoms with Gasteiger partial charge in [-0.25, -0.2) is 0 Å². The summed E-state index contributed by atoms with van der Waals surface area (Å²) in [5.74, 6) is 1.18. The molecule has 0 aliphatic carbocycles. The molecule has 2 rings (SSSR count). The molecule has 2 heterocycles. The molecule has 1 atom stereocenters. The molecule has 1 aromatic rings. The number of aromatic amines is 1. The van der Waals surface area contributed by atoms with E-state index in [1.54, 1.807) is 0 Å². The van der Waals surface area contributed by atoms with Gasteiger partial charge in [0.05, 0.1) is 6.10 Å². The normalized spacial score (nSPS) is 22.3. The number of nitrogens with two attached hydrogens (primary N) is 1. The van der Waals surface area contributed by atoms with E-state index in [0.717, 1.165) is 25.3 Å². The lowest BCUT2D eigenvalue weighted by molar-refractivity contribution is 0.104. The molecule has 5 heteroatoms. The molecule has 1 aliphatic heterocycles. The third kappa shape index (κ3) is 2.18. The van der Waals surface area contributed by atoms with Gasteiger partial charge in [-0.1, -0.05) is 0 Å². The van der Waals surface area contributed by atoms with Crippen LogP contribution in [0.4, 0.5) is 5.95 Å². The first-order chi connectivity index (χ1) is 6.34. The largest absolute Gasteiger partial charge is 0.378 e. The van der Waals surface area contributed by atoms with Gasteiger partial charge in [0.1, 0.15) is 5.82 Å². The molecule has 3 N–H and O–H groups in total. The molecular formula is C8H14N4O. The molecule has 1 aromatic heterocycles. The average molecular weight is 182 g/mol. The molecule has 0 amide bonds. The van der Waals surface area contributed by atoms with Gasteiger partial charge in [0.15, 0.2) is 0 Å². The van der Waals surface area contributed by atoms with Gasteiger partial charge < -0.3 is 10.5 Å². The third-order valence-corrected chi connectivity index (χ3v) is 2.28. The van der Waals surface area contributed by atoms with Crippen molar-refractivity contribution in [3.63, 3.8) is 0 Å². The molecule has 13 heavy (non-hydrogen) atoms. The first-order valence-electron chi connectivity index (χ1n) is 4.63. The first-order valence-corrected chi connectivity index (χ1v) is 4.63. The van der Waals surface area contributed by atoms with E-state index in [1.165, 1.54) is 12.8 Å². The summed E-state index contributed by atoms with van der Waals surface area (Å²) >= 11 is 0. The van der Waals surface area contributed by atoms with E-state index >= 15 is 0 Å². The summed E-state index contributed by atoms with van der Waals surface area (Å²) in [5.41, 5.74) is 5.38. The number of hydrogen-bond acceptors (Lipinski definition) is 4. The van der Waals surface area contributed by atoms with E-state index in [0.29, 0.717) is 12.1 Å². The van der Waals surface area contributed by atoms with Crippen molar-refractivity contribution in [1.82, 2.24) is 15.2 Å². The van der Waals surface area contributed by atoms with E-state index in [9.17, 15) is 0 Å². The lowest BCUT2D eigenvalue weighted by Crippen LogP contribution is -2.06. The monoisotopic (exact) mass is 182 g/mol. The van der Waals surface area contributed by atoms with Crippen LogP contribution in [0.3, 0.4) is 0 Å². The van der Waals surface area contributed by atoms with Crippen molar-refractivity contribution in [1.29, 1.82) is 0 Å². The highest BCUT2D eigenvalue weighted by Crippen LogP contribution is 2.16. The molecule has 0 spiro atoms. The lowest BCUT2D eigenvalue weighted by atomic mass is 10.1. The van der Waals surface area contributed by atoms with Crippen molar-refractivity contribution in [2.24, 2.45) is 0 Å². The topological polar surface area (TPSA) is 76.8 Å². The number of anilines is 1. The van der Waals surface area contributed by atoms with Crippen LogP contribution in [0.5, 0.6) is 0 Å². The fourth-order valence-electron chi connectivity index (χ4n) is 1.59. The summed E-state index contributed by atoms with van der Waals surface area (Å²) < 4.78 is 5.49. The lowest BCUT2D eigenvalue weighted by Gasteiger charge is -2.06. The Labute approximate surface area is 76.7 Å². The number of rotatable bonds is 3. The van der Waals surface area contributed by atoms with Crippen molar-refractivity contribution >= 4 is 5.95 Å². The number of nitrogen functional groups attached to an aromatic ring is 1. The van der Waals surface area contributed by atoms with E-state index in [2.05, 4.69) is 15.2 Å². The molecule has 0 bridgehead atoms. The second kappa shape index (κ2) is 3.74. The standard InChI is InChI=1S/C8H14N4O/c9-8-10-7(11-12-8)4-3-6-2-1-5-13-6/h6H,1-5H2,(H3,9,10,11,12). The molecule has 0 aromatic carbocycles. The van der Waals surface area contributed by atoms with Gasteiger partial charge in [-0.2, -0.15) is 4.98 Å². The van der Waals surface area contributed by atoms with Gasteiger partial charge in [-0.3, -0.25) is 5.10 Å². The van der Waals surface area contributed by atoms with Crippen LogP contribution in [0.2, 0.25) is 0 Å². The maximum atomic E-state index is 5.49. The zero-order valence-electron chi connectivity index (χ0n) is 7.49. The van der Waals surface area contributed by atoms with Gasteiger partial charge in [-0.05, 0) is 19.3 Å². The summed E-state index contributed by atoms with van der Waals surface area (Å²) in [5, 5.41) is 6.55. The maximum Gasteiger partial charge on any atom is 0.239 e. The summed E-state index contributed by atoms with van der Waals surface area (Å²) in [6.07, 6.45) is 4.64. The SMILES string of the molecule is Nc1n[nH]c(CCC2CCCO2)n1. The van der Waals surface area contributed by atoms with Gasteiger partial charge in [0.2, 0.25) is 5.95 Å². The minimum absolute atomic E-state index is 0.322. The Morgan fingerprint density at radius 3 is 3.15 bits per heavy atom. The Hall–Kier alpha value is -1.10. The van der Waals surface area contributed by atoms with Crippen molar-refractivity contribution in [2.45, 2.75) is 31.8 Å². The van der Waals surface area contributed by atoms with Crippen molar-refractivity contribution < 1.29 is 4.74 Å². The second-order valence-corrected chi connectivity index (χ2v) is 3.31. The third-order valence-electron chi connectivity index (χ3n) is 2.28. The van der Waals surface area contributed by atoms with Crippen LogP contribution in [0.25, 0.3) is 0 Å². The number of aromatic nitrogens is 3. The fraction of sp³-hybridized carbons (Fsp3) is 0.750. The van der Waals surface area contributed by atoms with Crippen LogP contribution < -0.4 is 5.73 Å². The van der Waals surface area contributed by atoms with Crippen LogP contribution in [-0.4, -0.2) is 27.9 Å². The number of nitrogens with one attached hydrogen (secondary N) is 1. The van der Waals surface area contributed by atoms with Crippen LogP contribution in [0, 0.1) is 0 Å². The maximum absolute atomic E-state index is 5.49. The zero-order chi connectivity index (χ0) is 9.10. The highest BCUT2D eigenvalue weighted by Gasteiger charge is 2.15. The van der Waals surface area contributed by atoms with Crippen LogP contribution in [-0.2, 0) is 11.2 Å². The molecule has 0 radical (unpaired) electrons. The first kappa shape index (κ1) is 8.50. The van der Waals surface area contributed by atoms with E-state index in [-0.39, 0.29) is 0 Å². The molecule has 1 aliphatic rings. The molecule has 1 unspecified atom stereocenters. The van der Waals surface area contributed by atoms with Crippen LogP contribution >= 0.6 is 0 Å². The molecular weight excluding hydrogens is 168 g/mol. The summed E-state index contributed by atoms with van der Waals surface area (Å²) in [7, 11) is 0. The predicted molar refractivity (Wildman–Crippen MR) is 48.1 cm³/mol. The van der Waals surface area contributed by atoms with Crippen LogP contribution in [0.1, 0.15) is 25.1 Å².